The lowest BCUT2D eigenvalue weighted by molar-refractivity contribution is 0.575. The fourth-order valence-corrected chi connectivity index (χ4v) is 2.46. The van der Waals surface area contributed by atoms with Gasteiger partial charge in [-0.25, -0.2) is 0 Å². The molecule has 0 fully saturated rings. The van der Waals surface area contributed by atoms with Gasteiger partial charge in [0.2, 0.25) is 0 Å². The molecule has 1 nitrogen and oxygen atoms in total. The minimum Gasteiger partial charge on any atom is -0.306 e. The Kier molecular flexibility index (Phi) is 5.28. The van der Waals surface area contributed by atoms with Crippen molar-refractivity contribution in [2.24, 2.45) is 0 Å². The molecule has 0 heterocycles. The van der Waals surface area contributed by atoms with Crippen LogP contribution < -0.4 is 5.32 Å². The lowest BCUT2D eigenvalue weighted by Gasteiger charge is -2.15. The van der Waals surface area contributed by atoms with E-state index in [1.165, 1.54) is 5.56 Å². The second-order valence-electron chi connectivity index (χ2n) is 4.41. The van der Waals surface area contributed by atoms with Crippen molar-refractivity contribution in [3.63, 3.8) is 0 Å². The molecule has 100 valence electrons. The van der Waals surface area contributed by atoms with Gasteiger partial charge in [-0.05, 0) is 58.2 Å². The van der Waals surface area contributed by atoms with Crippen LogP contribution in [0.25, 0.3) is 0 Å². The van der Waals surface area contributed by atoms with E-state index in [0.29, 0.717) is 0 Å². The minimum absolute atomic E-state index is 0.237. The van der Waals surface area contributed by atoms with Gasteiger partial charge < -0.3 is 5.32 Å². The van der Waals surface area contributed by atoms with Gasteiger partial charge in [0.25, 0.3) is 0 Å². The van der Waals surface area contributed by atoms with Crippen LogP contribution in [0, 0.1) is 0 Å². The summed E-state index contributed by atoms with van der Waals surface area (Å²) < 4.78 is 0.917. The number of halogens is 3. The third-order valence-corrected chi connectivity index (χ3v) is 4.41. The van der Waals surface area contributed by atoms with Gasteiger partial charge >= 0.3 is 0 Å². The molecule has 0 amide bonds. The Morgan fingerprint density at radius 2 is 1.95 bits per heavy atom. The lowest BCUT2D eigenvalue weighted by Crippen LogP contribution is -2.18. The average molecular weight is 359 g/mol. The zero-order valence-electron chi connectivity index (χ0n) is 10.5. The molecule has 19 heavy (non-hydrogen) atoms. The molecular formula is C15H14BrCl2N. The summed E-state index contributed by atoms with van der Waals surface area (Å²) in [6.07, 6.45) is 0. The van der Waals surface area contributed by atoms with Crippen LogP contribution in [0.1, 0.15) is 24.1 Å². The van der Waals surface area contributed by atoms with Gasteiger partial charge in [-0.3, -0.25) is 0 Å². The van der Waals surface area contributed by atoms with Crippen LogP contribution in [0.5, 0.6) is 0 Å². The number of benzene rings is 2. The fraction of sp³-hybridized carbons (Fsp3) is 0.200. The van der Waals surface area contributed by atoms with Crippen molar-refractivity contribution in [1.82, 2.24) is 5.32 Å². The van der Waals surface area contributed by atoms with Crippen molar-refractivity contribution in [2.45, 2.75) is 19.5 Å². The highest BCUT2D eigenvalue weighted by Crippen LogP contribution is 2.24. The van der Waals surface area contributed by atoms with E-state index in [-0.39, 0.29) is 6.04 Å². The second kappa shape index (κ2) is 6.76. The Balaban J connectivity index is 2.00. The molecule has 0 saturated heterocycles. The molecule has 4 heteroatoms. The molecule has 2 aromatic carbocycles. The third kappa shape index (κ3) is 4.22. The monoisotopic (exact) mass is 357 g/mol. The van der Waals surface area contributed by atoms with Crippen LogP contribution in [-0.4, -0.2) is 0 Å². The Bertz CT molecular complexity index is 572. The van der Waals surface area contributed by atoms with E-state index in [1.807, 2.05) is 36.4 Å². The van der Waals surface area contributed by atoms with Gasteiger partial charge in [-0.1, -0.05) is 41.4 Å². The summed E-state index contributed by atoms with van der Waals surface area (Å²) in [5, 5.41) is 4.95. The summed E-state index contributed by atoms with van der Waals surface area (Å²) in [7, 11) is 0. The zero-order valence-corrected chi connectivity index (χ0v) is 13.6. The molecule has 0 aromatic heterocycles. The molecule has 2 aromatic rings. The van der Waals surface area contributed by atoms with Crippen molar-refractivity contribution < 1.29 is 0 Å². The van der Waals surface area contributed by atoms with Gasteiger partial charge in [0.1, 0.15) is 0 Å². The van der Waals surface area contributed by atoms with Gasteiger partial charge in [-0.2, -0.15) is 0 Å². The summed E-state index contributed by atoms with van der Waals surface area (Å²) in [4.78, 5) is 0. The molecule has 0 radical (unpaired) electrons. The summed E-state index contributed by atoms with van der Waals surface area (Å²) >= 11 is 15.5. The number of hydrogen-bond acceptors (Lipinski definition) is 1. The number of rotatable bonds is 4. The maximum Gasteiger partial charge on any atom is 0.0551 e. The summed E-state index contributed by atoms with van der Waals surface area (Å²) in [6, 6.07) is 14.1. The van der Waals surface area contributed by atoms with E-state index < -0.39 is 0 Å². The topological polar surface area (TPSA) is 12.0 Å². The van der Waals surface area contributed by atoms with Crippen LogP contribution >= 0.6 is 39.1 Å². The number of hydrogen-bond donors (Lipinski definition) is 1. The van der Waals surface area contributed by atoms with Crippen LogP contribution in [0.3, 0.4) is 0 Å². The molecule has 0 aliphatic heterocycles. The molecule has 0 unspecified atom stereocenters. The van der Waals surface area contributed by atoms with Gasteiger partial charge in [0, 0.05) is 22.1 Å². The normalized spacial score (nSPS) is 12.4. The Morgan fingerprint density at radius 3 is 2.63 bits per heavy atom. The predicted octanol–water partition coefficient (Wildman–Crippen LogP) is 5.61. The molecule has 1 atom stereocenters. The minimum atomic E-state index is 0.237. The average Bonchev–Trinajstić information content (AvgIpc) is 2.40. The van der Waals surface area contributed by atoms with E-state index in [4.69, 9.17) is 23.2 Å². The highest BCUT2D eigenvalue weighted by molar-refractivity contribution is 9.10. The first kappa shape index (κ1) is 14.9. The molecule has 0 aliphatic carbocycles. The Labute approximate surface area is 132 Å². The largest absolute Gasteiger partial charge is 0.306 e. The molecular weight excluding hydrogens is 345 g/mol. The van der Waals surface area contributed by atoms with Crippen molar-refractivity contribution in [1.29, 1.82) is 0 Å². The molecule has 2 rings (SSSR count). The Morgan fingerprint density at radius 1 is 1.16 bits per heavy atom. The standard InChI is InChI=1S/C15H14BrCl2N/c1-10(12-3-2-4-13(17)8-12)19-9-11-5-6-14(16)15(18)7-11/h2-8,10,19H,9H2,1H3/t10-/m1/s1. The SMILES string of the molecule is C[C@@H](NCc1ccc(Br)c(Cl)c1)c1cccc(Cl)c1. The van der Waals surface area contributed by atoms with Crippen molar-refractivity contribution in [2.75, 3.05) is 0 Å². The quantitative estimate of drug-likeness (QED) is 0.749. The van der Waals surface area contributed by atoms with Gasteiger partial charge in [0.15, 0.2) is 0 Å². The summed E-state index contributed by atoms with van der Waals surface area (Å²) in [5.41, 5.74) is 2.33. The Hall–Kier alpha value is -0.540. The van der Waals surface area contributed by atoms with E-state index in [2.05, 4.69) is 34.2 Å². The third-order valence-electron chi connectivity index (χ3n) is 2.95. The highest BCUT2D eigenvalue weighted by Gasteiger charge is 2.06. The van der Waals surface area contributed by atoms with E-state index in [0.717, 1.165) is 26.6 Å². The van der Waals surface area contributed by atoms with Crippen LogP contribution in [0.15, 0.2) is 46.9 Å². The van der Waals surface area contributed by atoms with Crippen molar-refractivity contribution in [3.05, 3.63) is 68.1 Å². The molecule has 0 bridgehead atoms. The maximum atomic E-state index is 6.07. The summed E-state index contributed by atoms with van der Waals surface area (Å²) in [5.74, 6) is 0. The van der Waals surface area contributed by atoms with Crippen LogP contribution in [0.2, 0.25) is 10.0 Å². The first-order valence-electron chi connectivity index (χ1n) is 5.99. The maximum absolute atomic E-state index is 6.07. The molecule has 0 aliphatic rings. The molecule has 0 saturated carbocycles. The smallest absolute Gasteiger partial charge is 0.0551 e. The summed E-state index contributed by atoms with van der Waals surface area (Å²) in [6.45, 7) is 2.88. The number of nitrogens with one attached hydrogen (secondary N) is 1. The highest BCUT2D eigenvalue weighted by atomic mass is 79.9. The second-order valence-corrected chi connectivity index (χ2v) is 6.10. The first-order chi connectivity index (χ1) is 9.06. The zero-order chi connectivity index (χ0) is 13.8. The predicted molar refractivity (Wildman–Crippen MR) is 85.9 cm³/mol. The molecule has 0 spiro atoms. The van der Waals surface area contributed by atoms with Gasteiger partial charge in [-0.15, -0.1) is 0 Å². The van der Waals surface area contributed by atoms with E-state index >= 15 is 0 Å². The van der Waals surface area contributed by atoms with Crippen LogP contribution in [0.4, 0.5) is 0 Å². The van der Waals surface area contributed by atoms with Crippen molar-refractivity contribution >= 4 is 39.1 Å². The van der Waals surface area contributed by atoms with Crippen LogP contribution in [-0.2, 0) is 6.54 Å². The lowest BCUT2D eigenvalue weighted by atomic mass is 10.1. The van der Waals surface area contributed by atoms with E-state index in [9.17, 15) is 0 Å². The van der Waals surface area contributed by atoms with Crippen molar-refractivity contribution in [3.8, 4) is 0 Å². The molecule has 1 N–H and O–H groups in total. The van der Waals surface area contributed by atoms with Gasteiger partial charge in [0.05, 0.1) is 5.02 Å². The fourth-order valence-electron chi connectivity index (χ4n) is 1.81. The first-order valence-corrected chi connectivity index (χ1v) is 7.54. The van der Waals surface area contributed by atoms with E-state index in [1.54, 1.807) is 0 Å².